The number of carbonyl (C=O) groups is 1. The number of benzene rings is 1. The lowest BCUT2D eigenvalue weighted by molar-refractivity contribution is -0.111. The highest BCUT2D eigenvalue weighted by atomic mass is 32.1. The first-order valence-corrected chi connectivity index (χ1v) is 9.67. The topological polar surface area (TPSA) is 61.9 Å². The number of anilines is 1. The molecule has 1 saturated carbocycles. The molecule has 0 spiro atoms. The first-order chi connectivity index (χ1) is 12.7. The van der Waals surface area contributed by atoms with E-state index in [1.807, 2.05) is 18.1 Å². The van der Waals surface area contributed by atoms with Crippen LogP contribution in [0.5, 0.6) is 0 Å². The first-order valence-electron chi connectivity index (χ1n) is 8.86. The number of thiazole rings is 1. The summed E-state index contributed by atoms with van der Waals surface area (Å²) in [5, 5.41) is 7.55. The van der Waals surface area contributed by atoms with Crippen molar-refractivity contribution < 1.29 is 9.18 Å². The third kappa shape index (κ3) is 4.88. The van der Waals surface area contributed by atoms with Crippen molar-refractivity contribution in [3.05, 3.63) is 42.0 Å². The maximum absolute atomic E-state index is 13.1. The largest absolute Gasteiger partial charge is 0.347 e. The van der Waals surface area contributed by atoms with Crippen molar-refractivity contribution in [1.29, 1.82) is 0 Å². The first kappa shape index (κ1) is 18.5. The quantitative estimate of drug-likeness (QED) is 0.680. The van der Waals surface area contributed by atoms with Crippen molar-refractivity contribution in [3.8, 4) is 0 Å². The van der Waals surface area contributed by atoms with Gasteiger partial charge in [0.05, 0.1) is 16.4 Å². The molecule has 1 aliphatic carbocycles. The normalized spacial score (nSPS) is 14.7. The molecule has 7 heteroatoms. The molecule has 0 saturated heterocycles. The summed E-state index contributed by atoms with van der Waals surface area (Å²) in [6, 6.07) is 4.65. The van der Waals surface area contributed by atoms with Gasteiger partial charge in [-0.25, -0.2) is 9.37 Å². The van der Waals surface area contributed by atoms with E-state index in [0.717, 1.165) is 46.6 Å². The zero-order chi connectivity index (χ0) is 18.4. The second kappa shape index (κ2) is 8.89. The number of hydrogen-bond donors (Lipinski definition) is 1. The van der Waals surface area contributed by atoms with Gasteiger partial charge in [-0.1, -0.05) is 30.6 Å². The lowest BCUT2D eigenvalue weighted by atomic mass is 9.91. The highest BCUT2D eigenvalue weighted by Gasteiger charge is 2.11. The number of aldehydes is 1. The standard InChI is InChI=1S/C12H11FN4S.C7H12O/c1-17(7-8-5-14-15-6-8)12-16-10-3-2-9(13)4-11(10)18-12;8-6-7-4-2-1-3-5-7/h2-6H,7H2,1H3,(H,14,15);6-7H,1-5H2. The summed E-state index contributed by atoms with van der Waals surface area (Å²) >= 11 is 1.49. The molecule has 5 nitrogen and oxygen atoms in total. The molecule has 0 unspecified atom stereocenters. The van der Waals surface area contributed by atoms with E-state index in [1.165, 1.54) is 42.7 Å². The fourth-order valence-corrected chi connectivity index (χ4v) is 3.98. The van der Waals surface area contributed by atoms with Crippen molar-refractivity contribution >= 4 is 33.0 Å². The number of aromatic nitrogens is 3. The van der Waals surface area contributed by atoms with E-state index < -0.39 is 0 Å². The number of carbonyl (C=O) groups excluding carboxylic acids is 1. The fraction of sp³-hybridized carbons (Fsp3) is 0.421. The van der Waals surface area contributed by atoms with Crippen molar-refractivity contribution in [2.45, 2.75) is 38.6 Å². The number of rotatable bonds is 4. The Bertz CT molecular complexity index is 827. The molecule has 1 N–H and O–H groups in total. The van der Waals surface area contributed by atoms with Gasteiger partial charge in [0.2, 0.25) is 0 Å². The van der Waals surface area contributed by atoms with Crippen LogP contribution in [0.3, 0.4) is 0 Å². The van der Waals surface area contributed by atoms with Gasteiger partial charge in [-0.2, -0.15) is 5.10 Å². The van der Waals surface area contributed by atoms with Crippen LogP contribution in [-0.2, 0) is 11.3 Å². The molecule has 2 heterocycles. The highest BCUT2D eigenvalue weighted by Crippen LogP contribution is 2.29. The van der Waals surface area contributed by atoms with Crippen molar-refractivity contribution in [3.63, 3.8) is 0 Å². The van der Waals surface area contributed by atoms with Crippen LogP contribution in [0.2, 0.25) is 0 Å². The Labute approximate surface area is 156 Å². The summed E-state index contributed by atoms with van der Waals surface area (Å²) in [5.41, 5.74) is 1.92. The lowest BCUT2D eigenvalue weighted by Crippen LogP contribution is -2.15. The van der Waals surface area contributed by atoms with Gasteiger partial charge in [0.25, 0.3) is 0 Å². The van der Waals surface area contributed by atoms with Crippen molar-refractivity contribution in [1.82, 2.24) is 15.2 Å². The fourth-order valence-electron chi connectivity index (χ4n) is 3.03. The minimum atomic E-state index is -0.227. The number of hydrogen-bond acceptors (Lipinski definition) is 5. The van der Waals surface area contributed by atoms with E-state index >= 15 is 0 Å². The molecule has 4 rings (SSSR count). The van der Waals surface area contributed by atoms with Gasteiger partial charge >= 0.3 is 0 Å². The zero-order valence-corrected chi connectivity index (χ0v) is 15.6. The Morgan fingerprint density at radius 1 is 1.35 bits per heavy atom. The van der Waals surface area contributed by atoms with E-state index in [2.05, 4.69) is 15.2 Å². The van der Waals surface area contributed by atoms with Gasteiger partial charge in [0, 0.05) is 31.3 Å². The maximum Gasteiger partial charge on any atom is 0.186 e. The Hall–Kier alpha value is -2.28. The molecule has 3 aromatic rings. The number of halogens is 1. The van der Waals surface area contributed by atoms with Gasteiger partial charge in [0.15, 0.2) is 5.13 Å². The number of nitrogens with one attached hydrogen (secondary N) is 1. The van der Waals surface area contributed by atoms with E-state index in [1.54, 1.807) is 12.3 Å². The van der Waals surface area contributed by atoms with Gasteiger partial charge in [-0.3, -0.25) is 5.10 Å². The van der Waals surface area contributed by atoms with Gasteiger partial charge < -0.3 is 9.69 Å². The summed E-state index contributed by atoms with van der Waals surface area (Å²) < 4.78 is 14.0. The molecular formula is C19H23FN4OS. The lowest BCUT2D eigenvalue weighted by Gasteiger charge is -2.14. The summed E-state index contributed by atoms with van der Waals surface area (Å²) in [6.07, 6.45) is 10.9. The van der Waals surface area contributed by atoms with E-state index in [-0.39, 0.29) is 5.82 Å². The Morgan fingerprint density at radius 3 is 2.81 bits per heavy atom. The minimum absolute atomic E-state index is 0.227. The van der Waals surface area contributed by atoms with Crippen LogP contribution in [0, 0.1) is 11.7 Å². The second-order valence-corrected chi connectivity index (χ2v) is 7.61. The molecule has 1 fully saturated rings. The Balaban J connectivity index is 0.000000206. The third-order valence-electron chi connectivity index (χ3n) is 4.48. The van der Waals surface area contributed by atoms with Gasteiger partial charge in [0.1, 0.15) is 12.1 Å². The molecule has 0 atom stereocenters. The van der Waals surface area contributed by atoms with Crippen LogP contribution in [0.1, 0.15) is 37.7 Å². The van der Waals surface area contributed by atoms with Crippen LogP contribution in [-0.4, -0.2) is 28.5 Å². The molecule has 0 bridgehead atoms. The monoisotopic (exact) mass is 374 g/mol. The number of fused-ring (bicyclic) bond motifs is 1. The smallest absolute Gasteiger partial charge is 0.186 e. The number of H-pyrrole nitrogens is 1. The molecule has 0 aliphatic heterocycles. The van der Waals surface area contributed by atoms with Crippen LogP contribution in [0.15, 0.2) is 30.6 Å². The van der Waals surface area contributed by atoms with Crippen LogP contribution in [0.25, 0.3) is 10.2 Å². The molecule has 26 heavy (non-hydrogen) atoms. The van der Waals surface area contributed by atoms with E-state index in [9.17, 15) is 9.18 Å². The van der Waals surface area contributed by atoms with E-state index in [4.69, 9.17) is 0 Å². The maximum atomic E-state index is 13.1. The molecule has 1 aromatic carbocycles. The zero-order valence-electron chi connectivity index (χ0n) is 14.8. The molecule has 138 valence electrons. The molecule has 1 aliphatic rings. The van der Waals surface area contributed by atoms with Crippen LogP contribution >= 0.6 is 11.3 Å². The SMILES string of the molecule is CN(Cc1cn[nH]c1)c1nc2ccc(F)cc2s1.O=CC1CCCCC1. The average Bonchev–Trinajstić information content (AvgIpc) is 3.32. The van der Waals surface area contributed by atoms with Crippen LogP contribution < -0.4 is 4.90 Å². The van der Waals surface area contributed by atoms with Crippen molar-refractivity contribution in [2.75, 3.05) is 11.9 Å². The highest BCUT2D eigenvalue weighted by molar-refractivity contribution is 7.22. The summed E-state index contributed by atoms with van der Waals surface area (Å²) in [7, 11) is 1.96. The second-order valence-electron chi connectivity index (χ2n) is 6.61. The summed E-state index contributed by atoms with van der Waals surface area (Å²) in [4.78, 5) is 16.7. The average molecular weight is 374 g/mol. The number of nitrogens with zero attached hydrogens (tertiary/aromatic N) is 3. The van der Waals surface area contributed by atoms with E-state index in [0.29, 0.717) is 5.92 Å². The summed E-state index contributed by atoms with van der Waals surface area (Å²) in [6.45, 7) is 0.721. The van der Waals surface area contributed by atoms with Crippen LogP contribution in [0.4, 0.5) is 9.52 Å². The minimum Gasteiger partial charge on any atom is -0.347 e. The third-order valence-corrected chi connectivity index (χ3v) is 5.62. The number of aromatic amines is 1. The Kier molecular flexibility index (Phi) is 6.33. The molecular weight excluding hydrogens is 351 g/mol. The molecule has 2 aromatic heterocycles. The van der Waals surface area contributed by atoms with Gasteiger partial charge in [-0.05, 0) is 31.0 Å². The predicted molar refractivity (Wildman–Crippen MR) is 103 cm³/mol. The van der Waals surface area contributed by atoms with Crippen molar-refractivity contribution in [2.24, 2.45) is 5.92 Å². The predicted octanol–water partition coefficient (Wildman–Crippen LogP) is 4.56. The van der Waals surface area contributed by atoms with Gasteiger partial charge in [-0.15, -0.1) is 0 Å². The summed E-state index contributed by atoms with van der Waals surface area (Å²) in [5.74, 6) is 0.180. The molecule has 0 amide bonds. The Morgan fingerprint density at radius 2 is 2.15 bits per heavy atom. The molecule has 0 radical (unpaired) electrons.